The number of benzene rings is 4. The van der Waals surface area contributed by atoms with Crippen molar-refractivity contribution >= 4 is 76.4 Å². The third kappa shape index (κ3) is 5.41. The zero-order valence-electron chi connectivity index (χ0n) is 19.9. The number of sulfonamides is 2. The Morgan fingerprint density at radius 3 is 1.90 bits per heavy atom. The van der Waals surface area contributed by atoms with Gasteiger partial charge in [-0.2, -0.15) is 0 Å². The minimum Gasteiger partial charge on any atom is -0.354 e. The topological polar surface area (TPSA) is 174 Å². The van der Waals surface area contributed by atoms with Gasteiger partial charge >= 0.3 is 0 Å². The highest BCUT2D eigenvalue weighted by atomic mass is 35.5. The van der Waals surface area contributed by atoms with E-state index < -0.39 is 26.0 Å². The molecule has 0 spiro atoms. The van der Waals surface area contributed by atoms with Crippen molar-refractivity contribution in [1.82, 2.24) is 4.98 Å². The quantitative estimate of drug-likeness (QED) is 0.216. The molecule has 0 saturated carbocycles. The molecule has 39 heavy (non-hydrogen) atoms. The van der Waals surface area contributed by atoms with E-state index in [-0.39, 0.29) is 15.4 Å². The number of hydrogen-bond acceptors (Lipinski definition) is 7. The molecule has 0 unspecified atom stereocenters. The Kier molecular flexibility index (Phi) is 6.74. The zero-order valence-corrected chi connectivity index (χ0v) is 22.3. The second-order valence-corrected chi connectivity index (χ2v) is 12.1. The number of rotatable bonds is 6. The lowest BCUT2D eigenvalue weighted by Gasteiger charge is -2.16. The van der Waals surface area contributed by atoms with Crippen molar-refractivity contribution in [2.45, 2.75) is 9.79 Å². The van der Waals surface area contributed by atoms with Crippen LogP contribution in [0.2, 0.25) is 5.02 Å². The minimum atomic E-state index is -3.88. The summed E-state index contributed by atoms with van der Waals surface area (Å²) in [5.41, 5.74) is 2.61. The summed E-state index contributed by atoms with van der Waals surface area (Å²) in [4.78, 5) is 17.9. The van der Waals surface area contributed by atoms with E-state index in [0.717, 1.165) is 5.39 Å². The highest BCUT2D eigenvalue weighted by Gasteiger charge is 2.20. The summed E-state index contributed by atoms with van der Waals surface area (Å²) < 4.78 is 46.4. The van der Waals surface area contributed by atoms with Crippen molar-refractivity contribution < 1.29 is 21.6 Å². The van der Waals surface area contributed by atoms with Gasteiger partial charge in [-0.05, 0) is 66.7 Å². The molecule has 5 aromatic rings. The summed E-state index contributed by atoms with van der Waals surface area (Å²) in [5, 5.41) is 17.9. The predicted molar refractivity (Wildman–Crippen MR) is 151 cm³/mol. The van der Waals surface area contributed by atoms with Gasteiger partial charge in [0.15, 0.2) is 0 Å². The Labute approximate surface area is 228 Å². The van der Waals surface area contributed by atoms with Crippen LogP contribution >= 0.6 is 11.6 Å². The summed E-state index contributed by atoms with van der Waals surface area (Å²) in [6.07, 6.45) is 0. The van der Waals surface area contributed by atoms with E-state index in [4.69, 9.17) is 26.9 Å². The first-order chi connectivity index (χ1) is 18.4. The molecule has 1 heterocycles. The molecule has 0 radical (unpaired) electrons. The molecular weight excluding hydrogens is 562 g/mol. The molecule has 0 aliphatic rings. The van der Waals surface area contributed by atoms with Gasteiger partial charge in [0, 0.05) is 22.1 Å². The van der Waals surface area contributed by atoms with Crippen molar-refractivity contribution in [2.75, 3.05) is 10.6 Å². The Bertz CT molecular complexity index is 1980. The smallest absolute Gasteiger partial charge is 0.257 e. The van der Waals surface area contributed by atoms with Gasteiger partial charge in [0.2, 0.25) is 20.0 Å². The molecule has 0 atom stereocenters. The first kappa shape index (κ1) is 26.5. The van der Waals surface area contributed by atoms with Gasteiger partial charge in [-0.3, -0.25) is 4.79 Å². The number of hydrogen-bond donors (Lipinski definition) is 4. The van der Waals surface area contributed by atoms with Crippen molar-refractivity contribution in [3.63, 3.8) is 0 Å². The van der Waals surface area contributed by atoms with Gasteiger partial charge < -0.3 is 10.6 Å². The molecule has 1 amide bonds. The number of pyridine rings is 1. The number of carbonyl (C=O) groups is 1. The Morgan fingerprint density at radius 1 is 0.744 bits per heavy atom. The normalized spacial score (nSPS) is 12.0. The fourth-order valence-corrected chi connectivity index (χ4v) is 5.35. The first-order valence-corrected chi connectivity index (χ1v) is 14.7. The maximum atomic E-state index is 13.3. The third-order valence-corrected chi connectivity index (χ3v) is 8.09. The molecule has 13 heteroatoms. The van der Waals surface area contributed by atoms with Crippen LogP contribution in [-0.2, 0) is 20.0 Å². The van der Waals surface area contributed by atoms with E-state index in [9.17, 15) is 21.6 Å². The highest BCUT2D eigenvalue weighted by Crippen LogP contribution is 2.38. The molecule has 4 aromatic carbocycles. The van der Waals surface area contributed by atoms with E-state index in [1.54, 1.807) is 30.3 Å². The largest absolute Gasteiger partial charge is 0.354 e. The molecule has 0 saturated heterocycles. The summed E-state index contributed by atoms with van der Waals surface area (Å²) in [7, 11) is -7.73. The number of anilines is 3. The van der Waals surface area contributed by atoms with E-state index in [0.29, 0.717) is 38.5 Å². The van der Waals surface area contributed by atoms with E-state index in [2.05, 4.69) is 10.6 Å². The number of aromatic nitrogens is 1. The molecule has 0 fully saturated rings. The van der Waals surface area contributed by atoms with Crippen molar-refractivity contribution in [1.29, 1.82) is 0 Å². The predicted octanol–water partition coefficient (Wildman–Crippen LogP) is 4.33. The van der Waals surface area contributed by atoms with Crippen LogP contribution in [-0.4, -0.2) is 27.7 Å². The molecule has 198 valence electrons. The number of para-hydroxylation sites is 1. The number of amides is 1. The lowest BCUT2D eigenvalue weighted by atomic mass is 10.0. The van der Waals surface area contributed by atoms with Crippen LogP contribution in [0.5, 0.6) is 0 Å². The third-order valence-electron chi connectivity index (χ3n) is 5.92. The number of nitrogens with zero attached hydrogens (tertiary/aromatic N) is 1. The number of halogens is 1. The van der Waals surface area contributed by atoms with Gasteiger partial charge in [0.05, 0.1) is 37.1 Å². The molecular formula is C26H20ClN5O5S2. The van der Waals surface area contributed by atoms with E-state index in [1.165, 1.54) is 36.4 Å². The monoisotopic (exact) mass is 581 g/mol. The zero-order chi connectivity index (χ0) is 27.9. The highest BCUT2D eigenvalue weighted by molar-refractivity contribution is 7.89. The molecule has 0 aliphatic heterocycles. The summed E-state index contributed by atoms with van der Waals surface area (Å²) >= 11 is 6.63. The van der Waals surface area contributed by atoms with Crippen LogP contribution in [0, 0.1) is 0 Å². The molecule has 6 N–H and O–H groups in total. The first-order valence-electron chi connectivity index (χ1n) is 11.3. The van der Waals surface area contributed by atoms with Crippen LogP contribution in [0.3, 0.4) is 0 Å². The number of carbonyl (C=O) groups excluding carboxylic acids is 1. The molecule has 1 aromatic heterocycles. The van der Waals surface area contributed by atoms with Crippen LogP contribution in [0.4, 0.5) is 17.1 Å². The maximum absolute atomic E-state index is 13.3. The lowest BCUT2D eigenvalue weighted by molar-refractivity contribution is 0.102. The number of nitrogens with two attached hydrogens (primary N) is 2. The molecule has 10 nitrogen and oxygen atoms in total. The average molecular weight is 582 g/mol. The summed E-state index contributed by atoms with van der Waals surface area (Å²) in [5.74, 6) is -0.494. The number of nitrogens with one attached hydrogen (secondary N) is 2. The number of fused-ring (bicyclic) bond motifs is 2. The van der Waals surface area contributed by atoms with Crippen LogP contribution < -0.4 is 20.9 Å². The summed E-state index contributed by atoms with van der Waals surface area (Å²) in [6.45, 7) is 0. The fraction of sp³-hybridized carbons (Fsp3) is 0. The fourth-order valence-electron chi connectivity index (χ4n) is 4.07. The van der Waals surface area contributed by atoms with Gasteiger partial charge in [0.1, 0.15) is 0 Å². The average Bonchev–Trinajstić information content (AvgIpc) is 2.88. The Morgan fingerprint density at radius 2 is 1.31 bits per heavy atom. The molecule has 0 bridgehead atoms. The Balaban J connectivity index is 1.61. The van der Waals surface area contributed by atoms with Gasteiger partial charge in [-0.1, -0.05) is 29.8 Å². The van der Waals surface area contributed by atoms with Crippen molar-refractivity contribution in [3.05, 3.63) is 95.5 Å². The van der Waals surface area contributed by atoms with Crippen LogP contribution in [0.25, 0.3) is 21.8 Å². The van der Waals surface area contributed by atoms with Crippen molar-refractivity contribution in [3.8, 4) is 0 Å². The van der Waals surface area contributed by atoms with Gasteiger partial charge in [-0.15, -0.1) is 0 Å². The minimum absolute atomic E-state index is 0.0356. The van der Waals surface area contributed by atoms with Crippen LogP contribution in [0.15, 0.2) is 94.7 Å². The second kappa shape index (κ2) is 9.91. The number of primary sulfonamides is 2. The summed E-state index contributed by atoms with van der Waals surface area (Å²) in [6, 6.07) is 21.7. The molecule has 0 aliphatic carbocycles. The second-order valence-electron chi connectivity index (χ2n) is 8.54. The van der Waals surface area contributed by atoms with E-state index in [1.807, 2.05) is 18.2 Å². The van der Waals surface area contributed by atoms with Crippen molar-refractivity contribution in [2.24, 2.45) is 10.3 Å². The lowest BCUT2D eigenvalue weighted by Crippen LogP contribution is -2.14. The van der Waals surface area contributed by atoms with E-state index >= 15 is 0 Å². The van der Waals surface area contributed by atoms with Gasteiger partial charge in [-0.25, -0.2) is 32.1 Å². The van der Waals surface area contributed by atoms with Gasteiger partial charge in [0.25, 0.3) is 5.91 Å². The SMILES string of the molecule is NS(=O)(=O)c1ccc(NC(=O)c2ccc(Cl)c3c(Nc4ccc(S(N)(=O)=O)cc4)c4ccccc4nc23)cc1. The van der Waals surface area contributed by atoms with Crippen LogP contribution in [0.1, 0.15) is 10.4 Å². The Hall–Kier alpha value is -4.07. The maximum Gasteiger partial charge on any atom is 0.257 e. The standard InChI is InChI=1S/C26H20ClN5O5S2/c27-21-14-13-20(26(33)31-16-7-11-18(12-8-16)39(29,36)37)25-23(21)24(19-3-1-2-4-22(19)32-25)30-15-5-9-17(10-6-15)38(28,34)35/h1-14H,(H,30,32)(H,31,33)(H2,28,34,35)(H2,29,36,37). The molecule has 5 rings (SSSR count).